The van der Waals surface area contributed by atoms with Crippen molar-refractivity contribution in [2.75, 3.05) is 5.32 Å². The van der Waals surface area contributed by atoms with E-state index in [0.717, 1.165) is 27.9 Å². The summed E-state index contributed by atoms with van der Waals surface area (Å²) in [6.45, 7) is 4.00. The maximum absolute atomic E-state index is 11.2. The van der Waals surface area contributed by atoms with Gasteiger partial charge in [-0.05, 0) is 48.7 Å². The maximum atomic E-state index is 11.2. The Hall–Kier alpha value is -3.14. The highest BCUT2D eigenvalue weighted by Gasteiger charge is 2.11. The van der Waals surface area contributed by atoms with Crippen LogP contribution in [0.5, 0.6) is 0 Å². The van der Waals surface area contributed by atoms with Crippen LogP contribution in [0.25, 0.3) is 11.1 Å². The van der Waals surface area contributed by atoms with Crippen molar-refractivity contribution in [3.05, 3.63) is 83.7 Å². The van der Waals surface area contributed by atoms with Crippen LogP contribution in [0.4, 0.5) is 5.69 Å². The zero-order chi connectivity index (χ0) is 17.8. The molecule has 126 valence electrons. The van der Waals surface area contributed by atoms with Crippen molar-refractivity contribution in [3.63, 3.8) is 0 Å². The Morgan fingerprint density at radius 2 is 1.80 bits per heavy atom. The molecule has 2 aromatic carbocycles. The van der Waals surface area contributed by atoms with Crippen LogP contribution in [0.2, 0.25) is 0 Å². The van der Waals surface area contributed by atoms with E-state index in [1.54, 1.807) is 12.1 Å². The second-order valence-electron chi connectivity index (χ2n) is 6.07. The molecule has 3 aromatic rings. The fourth-order valence-electron chi connectivity index (χ4n) is 2.71. The largest absolute Gasteiger partial charge is 0.478 e. The van der Waals surface area contributed by atoms with Crippen LogP contribution in [-0.2, 0) is 0 Å². The fraction of sp³-hybridized carbons (Fsp3) is 0.143. The molecular formula is C21H20N2O2. The molecule has 0 aliphatic carbocycles. The lowest BCUT2D eigenvalue weighted by molar-refractivity contribution is 0.0697. The lowest BCUT2D eigenvalue weighted by Gasteiger charge is -2.18. The minimum atomic E-state index is -0.927. The van der Waals surface area contributed by atoms with Crippen molar-refractivity contribution in [2.45, 2.75) is 19.9 Å². The van der Waals surface area contributed by atoms with Crippen molar-refractivity contribution < 1.29 is 9.90 Å². The Kier molecular flexibility index (Phi) is 4.80. The first-order valence-corrected chi connectivity index (χ1v) is 8.15. The van der Waals surface area contributed by atoms with Crippen LogP contribution < -0.4 is 5.32 Å². The van der Waals surface area contributed by atoms with E-state index in [9.17, 15) is 9.90 Å². The molecule has 25 heavy (non-hydrogen) atoms. The number of nitrogens with zero attached hydrogens (tertiary/aromatic N) is 1. The Balaban J connectivity index is 1.86. The van der Waals surface area contributed by atoms with E-state index >= 15 is 0 Å². The Morgan fingerprint density at radius 3 is 2.52 bits per heavy atom. The molecule has 0 saturated carbocycles. The van der Waals surface area contributed by atoms with Crippen molar-refractivity contribution in [3.8, 4) is 11.1 Å². The Morgan fingerprint density at radius 1 is 1.04 bits per heavy atom. The highest BCUT2D eigenvalue weighted by molar-refractivity contribution is 5.89. The van der Waals surface area contributed by atoms with Crippen LogP contribution in [0, 0.1) is 6.92 Å². The van der Waals surface area contributed by atoms with Crippen LogP contribution in [0.3, 0.4) is 0 Å². The number of carboxylic acid groups (broad SMARTS) is 1. The van der Waals surface area contributed by atoms with Gasteiger partial charge >= 0.3 is 5.97 Å². The first kappa shape index (κ1) is 16.7. The summed E-state index contributed by atoms with van der Waals surface area (Å²) in [7, 11) is 0. The number of aromatic carboxylic acids is 1. The Bertz CT molecular complexity index is 891. The van der Waals surface area contributed by atoms with Gasteiger partial charge in [0.2, 0.25) is 0 Å². The number of pyridine rings is 1. The summed E-state index contributed by atoms with van der Waals surface area (Å²) in [4.78, 5) is 15.5. The first-order valence-electron chi connectivity index (χ1n) is 8.15. The summed E-state index contributed by atoms with van der Waals surface area (Å²) < 4.78 is 0. The lowest BCUT2D eigenvalue weighted by Crippen LogP contribution is -2.09. The summed E-state index contributed by atoms with van der Waals surface area (Å²) in [5, 5.41) is 12.6. The van der Waals surface area contributed by atoms with Gasteiger partial charge in [-0.2, -0.15) is 0 Å². The molecule has 3 rings (SSSR count). The standard InChI is InChI=1S/C21H20N2O2/c1-14-8-9-17(21(24)25)11-20(14)23-15(2)18-10-19(13-22-12-18)16-6-4-3-5-7-16/h3-13,15,23H,1-2H3,(H,24,25). The Labute approximate surface area is 147 Å². The maximum Gasteiger partial charge on any atom is 0.335 e. The lowest BCUT2D eigenvalue weighted by atomic mass is 10.0. The number of rotatable bonds is 5. The van der Waals surface area contributed by atoms with Gasteiger partial charge in [-0.15, -0.1) is 0 Å². The number of carbonyl (C=O) groups is 1. The molecule has 0 aliphatic heterocycles. The van der Waals surface area contributed by atoms with Gasteiger partial charge in [0.15, 0.2) is 0 Å². The van der Waals surface area contributed by atoms with E-state index in [0.29, 0.717) is 0 Å². The smallest absolute Gasteiger partial charge is 0.335 e. The molecule has 0 spiro atoms. The fourth-order valence-corrected chi connectivity index (χ4v) is 2.71. The molecule has 1 atom stereocenters. The van der Waals surface area contributed by atoms with Crippen LogP contribution in [0.1, 0.15) is 34.5 Å². The number of hydrogen-bond donors (Lipinski definition) is 2. The summed E-state index contributed by atoms with van der Waals surface area (Å²) in [5.74, 6) is -0.927. The van der Waals surface area contributed by atoms with Gasteiger partial charge < -0.3 is 10.4 Å². The molecule has 0 saturated heterocycles. The van der Waals surface area contributed by atoms with E-state index in [1.165, 1.54) is 0 Å². The molecule has 4 nitrogen and oxygen atoms in total. The topological polar surface area (TPSA) is 62.2 Å². The van der Waals surface area contributed by atoms with Gasteiger partial charge in [-0.3, -0.25) is 4.98 Å². The third-order valence-corrected chi connectivity index (χ3v) is 4.22. The van der Waals surface area contributed by atoms with Crippen LogP contribution in [0.15, 0.2) is 67.0 Å². The van der Waals surface area contributed by atoms with Crippen molar-refractivity contribution in [1.82, 2.24) is 4.98 Å². The number of aryl methyl sites for hydroxylation is 1. The first-order chi connectivity index (χ1) is 12.0. The van der Waals surface area contributed by atoms with Crippen molar-refractivity contribution >= 4 is 11.7 Å². The molecule has 1 aromatic heterocycles. The predicted octanol–water partition coefficient (Wildman–Crippen LogP) is 4.93. The molecule has 0 fully saturated rings. The monoisotopic (exact) mass is 332 g/mol. The van der Waals surface area contributed by atoms with E-state index < -0.39 is 5.97 Å². The molecule has 1 heterocycles. The summed E-state index contributed by atoms with van der Waals surface area (Å²) >= 11 is 0. The number of nitrogens with one attached hydrogen (secondary N) is 1. The second kappa shape index (κ2) is 7.18. The third-order valence-electron chi connectivity index (χ3n) is 4.22. The third kappa shape index (κ3) is 3.86. The number of benzene rings is 2. The van der Waals surface area contributed by atoms with Gasteiger partial charge in [0.25, 0.3) is 0 Å². The van der Waals surface area contributed by atoms with Crippen LogP contribution in [-0.4, -0.2) is 16.1 Å². The second-order valence-corrected chi connectivity index (χ2v) is 6.07. The molecular weight excluding hydrogens is 312 g/mol. The van der Waals surface area contributed by atoms with Crippen LogP contribution >= 0.6 is 0 Å². The van der Waals surface area contributed by atoms with Gasteiger partial charge in [-0.1, -0.05) is 36.4 Å². The van der Waals surface area contributed by atoms with Crippen molar-refractivity contribution in [1.29, 1.82) is 0 Å². The quantitative estimate of drug-likeness (QED) is 0.695. The number of carboxylic acids is 1. The number of aromatic nitrogens is 1. The summed E-state index contributed by atoms with van der Waals surface area (Å²) in [6.07, 6.45) is 3.68. The molecule has 1 unspecified atom stereocenters. The van der Waals surface area contributed by atoms with E-state index in [-0.39, 0.29) is 11.6 Å². The summed E-state index contributed by atoms with van der Waals surface area (Å²) in [5.41, 5.74) is 5.32. The van der Waals surface area contributed by atoms with Gasteiger partial charge in [0.05, 0.1) is 11.6 Å². The molecule has 0 bridgehead atoms. The molecule has 4 heteroatoms. The van der Waals surface area contributed by atoms with E-state index in [4.69, 9.17) is 0 Å². The average molecular weight is 332 g/mol. The normalized spacial score (nSPS) is 11.8. The van der Waals surface area contributed by atoms with E-state index in [1.807, 2.05) is 50.5 Å². The minimum Gasteiger partial charge on any atom is -0.478 e. The zero-order valence-electron chi connectivity index (χ0n) is 14.2. The van der Waals surface area contributed by atoms with Gasteiger partial charge in [-0.25, -0.2) is 4.79 Å². The summed E-state index contributed by atoms with van der Waals surface area (Å²) in [6, 6.07) is 17.3. The van der Waals surface area contributed by atoms with Gasteiger partial charge in [0.1, 0.15) is 0 Å². The minimum absolute atomic E-state index is 0.00101. The van der Waals surface area contributed by atoms with Gasteiger partial charge in [0, 0.05) is 23.6 Å². The molecule has 2 N–H and O–H groups in total. The molecule has 0 amide bonds. The number of anilines is 1. The average Bonchev–Trinajstić information content (AvgIpc) is 2.64. The predicted molar refractivity (Wildman–Crippen MR) is 99.8 cm³/mol. The van der Waals surface area contributed by atoms with E-state index in [2.05, 4.69) is 28.5 Å². The number of hydrogen-bond acceptors (Lipinski definition) is 3. The SMILES string of the molecule is Cc1ccc(C(=O)O)cc1NC(C)c1cncc(-c2ccccc2)c1. The van der Waals surface area contributed by atoms with Crippen molar-refractivity contribution in [2.24, 2.45) is 0 Å². The molecule has 0 aliphatic rings. The highest BCUT2D eigenvalue weighted by Crippen LogP contribution is 2.26. The molecule has 0 radical (unpaired) electrons. The zero-order valence-corrected chi connectivity index (χ0v) is 14.2. The highest BCUT2D eigenvalue weighted by atomic mass is 16.4.